The highest BCUT2D eigenvalue weighted by atomic mass is 35.5. The van der Waals surface area contributed by atoms with Crippen molar-refractivity contribution in [2.75, 3.05) is 11.9 Å². The fraction of sp³-hybridized carbons (Fsp3) is 0.136. The van der Waals surface area contributed by atoms with Gasteiger partial charge in [0.25, 0.3) is 0 Å². The van der Waals surface area contributed by atoms with Crippen molar-refractivity contribution in [3.63, 3.8) is 0 Å². The lowest BCUT2D eigenvalue weighted by atomic mass is 10.2. The number of hydrogen-bond acceptors (Lipinski definition) is 5. The third-order valence-corrected chi connectivity index (χ3v) is 4.73. The second-order valence-electron chi connectivity index (χ2n) is 6.60. The van der Waals surface area contributed by atoms with Crippen LogP contribution in [0.1, 0.15) is 17.4 Å². The van der Waals surface area contributed by atoms with Gasteiger partial charge < -0.3 is 10.6 Å². The molecule has 0 spiro atoms. The Balaban J connectivity index is 1.51. The lowest BCUT2D eigenvalue weighted by Crippen LogP contribution is -2.27. The summed E-state index contributed by atoms with van der Waals surface area (Å²) in [4.78, 5) is 8.74. The number of pyridine rings is 1. The Morgan fingerprint density at radius 3 is 2.45 bits per heavy atom. The van der Waals surface area contributed by atoms with Gasteiger partial charge in [-0.1, -0.05) is 41.9 Å². The molecule has 0 radical (unpaired) electrons. The van der Waals surface area contributed by atoms with Crippen LogP contribution in [0.5, 0.6) is 0 Å². The number of nitrogens with zero attached hydrogens (tertiary/aromatic N) is 3. The third-order valence-electron chi connectivity index (χ3n) is 4.48. The number of benzene rings is 2. The van der Waals surface area contributed by atoms with E-state index in [1.165, 1.54) is 5.56 Å². The predicted octanol–water partition coefficient (Wildman–Crippen LogP) is 4.46. The summed E-state index contributed by atoms with van der Waals surface area (Å²) in [5.41, 5.74) is 3.11. The molecule has 0 amide bonds. The van der Waals surface area contributed by atoms with Crippen LogP contribution in [0.4, 0.5) is 5.69 Å². The highest BCUT2D eigenvalue weighted by Crippen LogP contribution is 2.21. The summed E-state index contributed by atoms with van der Waals surface area (Å²) in [6, 6.07) is 21.6. The molecule has 2 heterocycles. The largest absolute Gasteiger partial charge is 0.374 e. The van der Waals surface area contributed by atoms with Crippen LogP contribution in [-0.4, -0.2) is 26.7 Å². The SMILES string of the molecule is Clc1ccc(NC(CNCc2ccccc2)c2nc(-c3ccncc3)n[nH]2)cc1. The van der Waals surface area contributed by atoms with E-state index in [0.717, 1.165) is 23.6 Å². The number of aromatic amines is 1. The Bertz CT molecular complexity index is 1020. The zero-order valence-electron chi connectivity index (χ0n) is 15.7. The maximum Gasteiger partial charge on any atom is 0.181 e. The molecular formula is C22H21ClN6. The first-order valence-electron chi connectivity index (χ1n) is 9.37. The molecule has 0 aliphatic carbocycles. The predicted molar refractivity (Wildman–Crippen MR) is 116 cm³/mol. The summed E-state index contributed by atoms with van der Waals surface area (Å²) in [7, 11) is 0. The first-order chi connectivity index (χ1) is 14.3. The second kappa shape index (κ2) is 9.32. The topological polar surface area (TPSA) is 78.5 Å². The molecule has 1 atom stereocenters. The minimum atomic E-state index is -0.0945. The molecule has 0 saturated carbocycles. The molecule has 6 nitrogen and oxygen atoms in total. The van der Waals surface area contributed by atoms with Crippen molar-refractivity contribution in [1.29, 1.82) is 0 Å². The Labute approximate surface area is 174 Å². The Morgan fingerprint density at radius 2 is 1.69 bits per heavy atom. The van der Waals surface area contributed by atoms with Gasteiger partial charge in [-0.3, -0.25) is 10.1 Å². The number of rotatable bonds is 8. The van der Waals surface area contributed by atoms with Gasteiger partial charge in [0.15, 0.2) is 5.82 Å². The van der Waals surface area contributed by atoms with E-state index in [9.17, 15) is 0 Å². The summed E-state index contributed by atoms with van der Waals surface area (Å²) >= 11 is 6.01. The smallest absolute Gasteiger partial charge is 0.181 e. The van der Waals surface area contributed by atoms with Gasteiger partial charge in [-0.05, 0) is 42.0 Å². The van der Waals surface area contributed by atoms with Crippen molar-refractivity contribution in [3.05, 3.63) is 95.5 Å². The summed E-state index contributed by atoms with van der Waals surface area (Å²) in [6.07, 6.45) is 3.46. The molecule has 7 heteroatoms. The normalized spacial score (nSPS) is 11.9. The van der Waals surface area contributed by atoms with Crippen molar-refractivity contribution in [3.8, 4) is 11.4 Å². The van der Waals surface area contributed by atoms with Crippen LogP contribution in [0.3, 0.4) is 0 Å². The lowest BCUT2D eigenvalue weighted by Gasteiger charge is -2.18. The van der Waals surface area contributed by atoms with Crippen LogP contribution < -0.4 is 10.6 Å². The van der Waals surface area contributed by atoms with Crippen molar-refractivity contribution in [1.82, 2.24) is 25.5 Å². The van der Waals surface area contributed by atoms with E-state index in [0.29, 0.717) is 17.4 Å². The molecule has 1 unspecified atom stereocenters. The molecule has 0 fully saturated rings. The Kier molecular flexibility index (Phi) is 6.14. The maximum atomic E-state index is 6.01. The average molecular weight is 405 g/mol. The van der Waals surface area contributed by atoms with E-state index in [-0.39, 0.29) is 6.04 Å². The van der Waals surface area contributed by atoms with Crippen LogP contribution in [0.25, 0.3) is 11.4 Å². The first kappa shape index (κ1) is 19.1. The number of halogens is 1. The van der Waals surface area contributed by atoms with Crippen LogP contribution in [0.15, 0.2) is 79.1 Å². The Morgan fingerprint density at radius 1 is 0.931 bits per heavy atom. The minimum Gasteiger partial charge on any atom is -0.374 e. The monoisotopic (exact) mass is 404 g/mol. The van der Waals surface area contributed by atoms with Crippen LogP contribution >= 0.6 is 11.6 Å². The first-order valence-corrected chi connectivity index (χ1v) is 9.75. The highest BCUT2D eigenvalue weighted by molar-refractivity contribution is 6.30. The van der Waals surface area contributed by atoms with Gasteiger partial charge in [0.2, 0.25) is 0 Å². The number of hydrogen-bond donors (Lipinski definition) is 3. The quantitative estimate of drug-likeness (QED) is 0.404. The number of nitrogens with one attached hydrogen (secondary N) is 3. The molecule has 3 N–H and O–H groups in total. The summed E-state index contributed by atoms with van der Waals surface area (Å²) < 4.78 is 0. The van der Waals surface area contributed by atoms with Crippen molar-refractivity contribution < 1.29 is 0 Å². The van der Waals surface area contributed by atoms with Gasteiger partial charge in [-0.25, -0.2) is 4.98 Å². The van der Waals surface area contributed by atoms with Gasteiger partial charge in [-0.15, -0.1) is 0 Å². The van der Waals surface area contributed by atoms with Crippen LogP contribution in [-0.2, 0) is 6.54 Å². The lowest BCUT2D eigenvalue weighted by molar-refractivity contribution is 0.602. The van der Waals surface area contributed by atoms with E-state index in [4.69, 9.17) is 16.6 Å². The number of anilines is 1. The number of H-pyrrole nitrogens is 1. The van der Waals surface area contributed by atoms with Gasteiger partial charge >= 0.3 is 0 Å². The minimum absolute atomic E-state index is 0.0945. The van der Waals surface area contributed by atoms with E-state index >= 15 is 0 Å². The summed E-state index contributed by atoms with van der Waals surface area (Å²) in [5.74, 6) is 1.40. The molecule has 4 rings (SSSR count). The molecule has 2 aromatic heterocycles. The van der Waals surface area contributed by atoms with Crippen molar-refractivity contribution in [2.24, 2.45) is 0 Å². The van der Waals surface area contributed by atoms with E-state index in [2.05, 4.69) is 37.9 Å². The van der Waals surface area contributed by atoms with Gasteiger partial charge in [0, 0.05) is 41.8 Å². The standard InChI is InChI=1S/C22H21ClN6/c23-18-6-8-19(9-7-18)26-20(15-25-14-16-4-2-1-3-5-16)22-27-21(28-29-22)17-10-12-24-13-11-17/h1-13,20,25-26H,14-15H2,(H,27,28,29). The fourth-order valence-electron chi connectivity index (χ4n) is 2.98. The molecule has 146 valence electrons. The van der Waals surface area contributed by atoms with Crippen LogP contribution in [0.2, 0.25) is 5.02 Å². The highest BCUT2D eigenvalue weighted by Gasteiger charge is 2.17. The molecule has 2 aromatic carbocycles. The summed E-state index contributed by atoms with van der Waals surface area (Å²) in [5, 5.41) is 15.2. The van der Waals surface area contributed by atoms with Gasteiger partial charge in [0.05, 0.1) is 6.04 Å². The molecule has 29 heavy (non-hydrogen) atoms. The Hall–Kier alpha value is -3.22. The molecule has 0 aliphatic rings. The van der Waals surface area contributed by atoms with E-state index < -0.39 is 0 Å². The van der Waals surface area contributed by atoms with Gasteiger partial charge in [0.1, 0.15) is 5.82 Å². The molecule has 0 saturated heterocycles. The summed E-state index contributed by atoms with van der Waals surface area (Å²) in [6.45, 7) is 1.44. The van der Waals surface area contributed by atoms with E-state index in [1.54, 1.807) is 12.4 Å². The maximum absolute atomic E-state index is 6.01. The van der Waals surface area contributed by atoms with E-state index in [1.807, 2.05) is 54.6 Å². The fourth-order valence-corrected chi connectivity index (χ4v) is 3.11. The number of aromatic nitrogens is 4. The zero-order valence-corrected chi connectivity index (χ0v) is 16.5. The third kappa shape index (κ3) is 5.19. The average Bonchev–Trinajstić information content (AvgIpc) is 3.26. The van der Waals surface area contributed by atoms with Crippen LogP contribution in [0, 0.1) is 0 Å². The molecular weight excluding hydrogens is 384 g/mol. The van der Waals surface area contributed by atoms with Crippen molar-refractivity contribution in [2.45, 2.75) is 12.6 Å². The molecule has 0 bridgehead atoms. The second-order valence-corrected chi connectivity index (χ2v) is 7.04. The zero-order chi connectivity index (χ0) is 19.9. The molecule has 4 aromatic rings. The van der Waals surface area contributed by atoms with Crippen molar-refractivity contribution >= 4 is 17.3 Å². The molecule has 0 aliphatic heterocycles. The van der Waals surface area contributed by atoms with Gasteiger partial charge in [-0.2, -0.15) is 5.10 Å².